The zero-order valence-electron chi connectivity index (χ0n) is 8.05. The standard InChI is InChI=1S/C8H14N4O2/c1-9-2-6-3-12(11-10-6)7-4-14-5-8(7)13/h3,7-9,13H,2,4-5H2,1H3/t7-,8-/m1/s1. The number of rotatable bonds is 3. The third kappa shape index (κ3) is 1.77. The van der Waals surface area contributed by atoms with Crippen LogP contribution in [0.3, 0.4) is 0 Å². The Bertz CT molecular complexity index is 301. The quantitative estimate of drug-likeness (QED) is 0.647. The maximum Gasteiger partial charge on any atom is 0.105 e. The molecule has 2 atom stereocenters. The molecule has 6 heteroatoms. The maximum atomic E-state index is 9.55. The van der Waals surface area contributed by atoms with Gasteiger partial charge < -0.3 is 15.2 Å². The molecule has 78 valence electrons. The Morgan fingerprint density at radius 1 is 1.71 bits per heavy atom. The molecular formula is C8H14N4O2. The number of ether oxygens (including phenoxy) is 1. The van der Waals surface area contributed by atoms with Crippen molar-refractivity contribution < 1.29 is 9.84 Å². The van der Waals surface area contributed by atoms with Crippen LogP contribution in [-0.4, -0.2) is 46.5 Å². The van der Waals surface area contributed by atoms with E-state index in [-0.39, 0.29) is 6.04 Å². The van der Waals surface area contributed by atoms with E-state index in [2.05, 4.69) is 15.6 Å². The van der Waals surface area contributed by atoms with Gasteiger partial charge >= 0.3 is 0 Å². The highest BCUT2D eigenvalue weighted by Crippen LogP contribution is 2.18. The third-order valence-electron chi connectivity index (χ3n) is 2.28. The van der Waals surface area contributed by atoms with Crippen molar-refractivity contribution >= 4 is 0 Å². The average Bonchev–Trinajstić information content (AvgIpc) is 2.74. The van der Waals surface area contributed by atoms with Gasteiger partial charge in [-0.3, -0.25) is 0 Å². The highest BCUT2D eigenvalue weighted by atomic mass is 16.5. The van der Waals surface area contributed by atoms with E-state index in [1.54, 1.807) is 4.68 Å². The Balaban J connectivity index is 2.08. The van der Waals surface area contributed by atoms with E-state index < -0.39 is 6.10 Å². The molecule has 1 fully saturated rings. The summed E-state index contributed by atoms with van der Waals surface area (Å²) in [7, 11) is 1.85. The SMILES string of the molecule is CNCc1cn([C@@H]2COC[C@H]2O)nn1. The number of nitrogens with one attached hydrogen (secondary N) is 1. The normalized spacial score (nSPS) is 27.0. The van der Waals surface area contributed by atoms with Gasteiger partial charge in [0.05, 0.1) is 25.1 Å². The van der Waals surface area contributed by atoms with Gasteiger partial charge in [0.25, 0.3) is 0 Å². The van der Waals surface area contributed by atoms with E-state index in [9.17, 15) is 5.11 Å². The maximum absolute atomic E-state index is 9.55. The number of aliphatic hydroxyl groups is 1. The Morgan fingerprint density at radius 3 is 3.21 bits per heavy atom. The molecule has 0 aromatic carbocycles. The van der Waals surface area contributed by atoms with Gasteiger partial charge in [0, 0.05) is 6.54 Å². The van der Waals surface area contributed by atoms with Crippen LogP contribution in [0.5, 0.6) is 0 Å². The van der Waals surface area contributed by atoms with Gasteiger partial charge in [0.1, 0.15) is 12.1 Å². The fourth-order valence-electron chi connectivity index (χ4n) is 1.52. The lowest BCUT2D eigenvalue weighted by Crippen LogP contribution is -2.22. The third-order valence-corrected chi connectivity index (χ3v) is 2.28. The molecule has 1 saturated heterocycles. The average molecular weight is 198 g/mol. The molecule has 2 heterocycles. The van der Waals surface area contributed by atoms with Gasteiger partial charge in [-0.15, -0.1) is 5.10 Å². The largest absolute Gasteiger partial charge is 0.388 e. The van der Waals surface area contributed by atoms with Crippen molar-refractivity contribution in [3.63, 3.8) is 0 Å². The first-order valence-electron chi connectivity index (χ1n) is 4.62. The van der Waals surface area contributed by atoms with Gasteiger partial charge in [-0.2, -0.15) is 0 Å². The lowest BCUT2D eigenvalue weighted by atomic mass is 10.2. The van der Waals surface area contributed by atoms with Gasteiger partial charge in [0.2, 0.25) is 0 Å². The number of aromatic nitrogens is 3. The van der Waals surface area contributed by atoms with E-state index in [1.807, 2.05) is 13.2 Å². The first-order chi connectivity index (χ1) is 6.81. The molecule has 2 N–H and O–H groups in total. The molecule has 14 heavy (non-hydrogen) atoms. The van der Waals surface area contributed by atoms with Crippen molar-refractivity contribution in [1.29, 1.82) is 0 Å². The minimum atomic E-state index is -0.473. The van der Waals surface area contributed by atoms with Crippen molar-refractivity contribution in [2.75, 3.05) is 20.3 Å². The predicted octanol–water partition coefficient (Wildman–Crippen LogP) is -1.07. The molecule has 0 saturated carbocycles. The number of hydrogen-bond acceptors (Lipinski definition) is 5. The van der Waals surface area contributed by atoms with E-state index >= 15 is 0 Å². The summed E-state index contributed by atoms with van der Waals surface area (Å²) < 4.78 is 6.81. The second-order valence-corrected chi connectivity index (χ2v) is 3.39. The van der Waals surface area contributed by atoms with Crippen LogP contribution in [0.4, 0.5) is 0 Å². The molecule has 0 aliphatic carbocycles. The molecule has 0 bridgehead atoms. The van der Waals surface area contributed by atoms with Crippen molar-refractivity contribution in [1.82, 2.24) is 20.3 Å². The van der Waals surface area contributed by atoms with Crippen LogP contribution in [0.25, 0.3) is 0 Å². The van der Waals surface area contributed by atoms with Crippen LogP contribution in [-0.2, 0) is 11.3 Å². The van der Waals surface area contributed by atoms with Gasteiger partial charge in [0.15, 0.2) is 0 Å². The topological polar surface area (TPSA) is 72.2 Å². The number of aliphatic hydroxyl groups excluding tert-OH is 1. The van der Waals surface area contributed by atoms with Gasteiger partial charge in [-0.25, -0.2) is 4.68 Å². The fraction of sp³-hybridized carbons (Fsp3) is 0.750. The zero-order chi connectivity index (χ0) is 9.97. The van der Waals surface area contributed by atoms with E-state index in [0.29, 0.717) is 19.8 Å². The molecule has 0 unspecified atom stereocenters. The summed E-state index contributed by atoms with van der Waals surface area (Å²) in [5.41, 5.74) is 0.867. The summed E-state index contributed by atoms with van der Waals surface area (Å²) in [6.45, 7) is 1.57. The second kappa shape index (κ2) is 4.04. The summed E-state index contributed by atoms with van der Waals surface area (Å²) >= 11 is 0. The van der Waals surface area contributed by atoms with Crippen molar-refractivity contribution in [3.05, 3.63) is 11.9 Å². The fourth-order valence-corrected chi connectivity index (χ4v) is 1.52. The van der Waals surface area contributed by atoms with Crippen LogP contribution in [0, 0.1) is 0 Å². The first kappa shape index (κ1) is 9.57. The molecule has 6 nitrogen and oxygen atoms in total. The van der Waals surface area contributed by atoms with Crippen LogP contribution in [0.1, 0.15) is 11.7 Å². The summed E-state index contributed by atoms with van der Waals surface area (Å²) in [5.74, 6) is 0. The minimum Gasteiger partial charge on any atom is -0.388 e. The molecular weight excluding hydrogens is 184 g/mol. The van der Waals surface area contributed by atoms with Crippen LogP contribution in [0.2, 0.25) is 0 Å². The lowest BCUT2D eigenvalue weighted by molar-refractivity contribution is 0.117. The van der Waals surface area contributed by atoms with E-state index in [4.69, 9.17) is 4.74 Å². The highest BCUT2D eigenvalue weighted by Gasteiger charge is 2.28. The molecule has 1 aromatic rings. The highest BCUT2D eigenvalue weighted by molar-refractivity contribution is 4.94. The second-order valence-electron chi connectivity index (χ2n) is 3.39. The monoisotopic (exact) mass is 198 g/mol. The number of hydrogen-bond donors (Lipinski definition) is 2. The van der Waals surface area contributed by atoms with Gasteiger partial charge in [-0.05, 0) is 7.05 Å². The van der Waals surface area contributed by atoms with Crippen LogP contribution < -0.4 is 5.32 Å². The van der Waals surface area contributed by atoms with E-state index in [1.165, 1.54) is 0 Å². The summed E-state index contributed by atoms with van der Waals surface area (Å²) in [5, 5.41) is 20.5. The predicted molar refractivity (Wildman–Crippen MR) is 48.6 cm³/mol. The molecule has 0 spiro atoms. The van der Waals surface area contributed by atoms with Crippen molar-refractivity contribution in [3.8, 4) is 0 Å². The Labute approximate surface area is 81.9 Å². The van der Waals surface area contributed by atoms with Crippen LogP contribution in [0.15, 0.2) is 6.20 Å². The zero-order valence-corrected chi connectivity index (χ0v) is 8.05. The van der Waals surface area contributed by atoms with Gasteiger partial charge in [-0.1, -0.05) is 5.21 Å². The van der Waals surface area contributed by atoms with Crippen molar-refractivity contribution in [2.45, 2.75) is 18.7 Å². The van der Waals surface area contributed by atoms with Crippen LogP contribution >= 0.6 is 0 Å². The summed E-state index contributed by atoms with van der Waals surface area (Å²) in [6, 6.07) is -0.0897. The Kier molecular flexibility index (Phi) is 2.76. The number of nitrogens with zero attached hydrogens (tertiary/aromatic N) is 3. The summed E-state index contributed by atoms with van der Waals surface area (Å²) in [4.78, 5) is 0. The molecule has 1 aliphatic rings. The Morgan fingerprint density at radius 2 is 2.57 bits per heavy atom. The van der Waals surface area contributed by atoms with E-state index in [0.717, 1.165) is 5.69 Å². The minimum absolute atomic E-state index is 0.0897. The molecule has 1 aromatic heterocycles. The molecule has 1 aliphatic heterocycles. The summed E-state index contributed by atoms with van der Waals surface area (Å²) in [6.07, 6.45) is 1.36. The first-order valence-corrected chi connectivity index (χ1v) is 4.62. The van der Waals surface area contributed by atoms with Crippen molar-refractivity contribution in [2.24, 2.45) is 0 Å². The Hall–Kier alpha value is -0.980. The smallest absolute Gasteiger partial charge is 0.105 e. The molecule has 0 amide bonds. The molecule has 2 rings (SSSR count). The molecule has 0 radical (unpaired) electrons. The lowest BCUT2D eigenvalue weighted by Gasteiger charge is -2.10.